The summed E-state index contributed by atoms with van der Waals surface area (Å²) in [6.07, 6.45) is 4.30. The van der Waals surface area contributed by atoms with Crippen LogP contribution in [0.1, 0.15) is 42.3 Å². The third kappa shape index (κ3) is 3.33. The van der Waals surface area contributed by atoms with Crippen molar-refractivity contribution in [2.24, 2.45) is 0 Å². The summed E-state index contributed by atoms with van der Waals surface area (Å²) < 4.78 is 1.16. The summed E-state index contributed by atoms with van der Waals surface area (Å²) in [6.45, 7) is 3.14. The smallest absolute Gasteiger partial charge is 0.233 e. The van der Waals surface area contributed by atoms with Gasteiger partial charge in [0, 0.05) is 6.54 Å². The minimum atomic E-state index is -0.429. The molecule has 2 heterocycles. The van der Waals surface area contributed by atoms with Gasteiger partial charge < -0.3 is 10.2 Å². The third-order valence-corrected chi connectivity index (χ3v) is 7.28. The molecule has 1 N–H and O–H groups in total. The van der Waals surface area contributed by atoms with Crippen molar-refractivity contribution in [3.05, 3.63) is 65.2 Å². The van der Waals surface area contributed by atoms with Crippen LogP contribution in [0.4, 0.5) is 0 Å². The predicted octanol–water partition coefficient (Wildman–Crippen LogP) is 4.28. The van der Waals surface area contributed by atoms with Crippen LogP contribution in [0.5, 0.6) is 0 Å². The first kappa shape index (κ1) is 17.8. The number of para-hydroxylation sites is 1. The Labute approximate surface area is 169 Å². The van der Waals surface area contributed by atoms with Gasteiger partial charge in [-0.3, -0.25) is 4.79 Å². The van der Waals surface area contributed by atoms with E-state index in [1.807, 2.05) is 24.3 Å². The summed E-state index contributed by atoms with van der Waals surface area (Å²) in [4.78, 5) is 20.7. The summed E-state index contributed by atoms with van der Waals surface area (Å²) in [5.74, 6) is 0.139. The van der Waals surface area contributed by atoms with Gasteiger partial charge in [0.2, 0.25) is 5.91 Å². The van der Waals surface area contributed by atoms with E-state index in [0.29, 0.717) is 0 Å². The van der Waals surface area contributed by atoms with Gasteiger partial charge in [-0.2, -0.15) is 0 Å². The number of nitrogens with one attached hydrogen (secondary N) is 1. The zero-order chi connectivity index (χ0) is 19.0. The highest BCUT2D eigenvalue weighted by Crippen LogP contribution is 2.50. The Morgan fingerprint density at radius 1 is 1.07 bits per heavy atom. The number of carbonyl (C=O) groups excluding carboxylic acids is 1. The second-order valence-corrected chi connectivity index (χ2v) is 9.04. The molecule has 5 rings (SSSR count). The van der Waals surface area contributed by atoms with Crippen LogP contribution in [0.25, 0.3) is 10.2 Å². The standard InChI is InChI=1S/C23H25N3OS/c27-21(23(12-13-23)22-25-18-10-4-5-11-20(18)28-22)24-19(16-26-14-6-7-15-26)17-8-2-1-3-9-17/h1-5,8-11,19H,6-7,12-16H2,(H,24,27). The summed E-state index contributed by atoms with van der Waals surface area (Å²) in [7, 11) is 0. The molecular formula is C23H25N3OS. The number of thiazole rings is 1. The molecule has 0 bridgehead atoms. The number of fused-ring (bicyclic) bond motifs is 1. The van der Waals surface area contributed by atoms with E-state index in [0.717, 1.165) is 47.7 Å². The number of benzene rings is 2. The molecule has 2 aliphatic rings. The second-order valence-electron chi connectivity index (χ2n) is 8.01. The monoisotopic (exact) mass is 391 g/mol. The molecule has 5 heteroatoms. The molecule has 28 heavy (non-hydrogen) atoms. The molecular weight excluding hydrogens is 366 g/mol. The number of hydrogen-bond acceptors (Lipinski definition) is 4. The number of nitrogens with zero attached hydrogens (tertiary/aromatic N) is 2. The Bertz CT molecular complexity index is 941. The Morgan fingerprint density at radius 3 is 2.50 bits per heavy atom. The average molecular weight is 392 g/mol. The number of rotatable bonds is 6. The van der Waals surface area contributed by atoms with Crippen molar-refractivity contribution in [2.75, 3.05) is 19.6 Å². The van der Waals surface area contributed by atoms with Crippen LogP contribution in [0.15, 0.2) is 54.6 Å². The molecule has 1 unspecified atom stereocenters. The zero-order valence-electron chi connectivity index (χ0n) is 15.9. The minimum absolute atomic E-state index is 0.0265. The Hall–Kier alpha value is -2.24. The highest BCUT2D eigenvalue weighted by molar-refractivity contribution is 7.18. The molecule has 2 fully saturated rings. The average Bonchev–Trinajstić information content (AvgIpc) is 3.17. The van der Waals surface area contributed by atoms with E-state index in [2.05, 4.69) is 40.5 Å². The fraction of sp³-hybridized carbons (Fsp3) is 0.391. The van der Waals surface area contributed by atoms with Crippen molar-refractivity contribution in [1.82, 2.24) is 15.2 Å². The van der Waals surface area contributed by atoms with E-state index in [1.54, 1.807) is 11.3 Å². The highest BCUT2D eigenvalue weighted by Gasteiger charge is 2.54. The quantitative estimate of drug-likeness (QED) is 0.682. The van der Waals surface area contributed by atoms with E-state index < -0.39 is 5.41 Å². The maximum absolute atomic E-state index is 13.4. The lowest BCUT2D eigenvalue weighted by Crippen LogP contribution is -2.41. The van der Waals surface area contributed by atoms with Crippen molar-refractivity contribution in [1.29, 1.82) is 0 Å². The van der Waals surface area contributed by atoms with Crippen molar-refractivity contribution in [2.45, 2.75) is 37.1 Å². The molecule has 0 radical (unpaired) electrons. The highest BCUT2D eigenvalue weighted by atomic mass is 32.1. The summed E-state index contributed by atoms with van der Waals surface area (Å²) in [6, 6.07) is 18.6. The lowest BCUT2D eigenvalue weighted by molar-refractivity contribution is -0.124. The van der Waals surface area contributed by atoms with Gasteiger partial charge in [0.1, 0.15) is 10.4 Å². The molecule has 144 valence electrons. The van der Waals surface area contributed by atoms with Crippen LogP contribution < -0.4 is 5.32 Å². The van der Waals surface area contributed by atoms with E-state index in [-0.39, 0.29) is 11.9 Å². The summed E-state index contributed by atoms with van der Waals surface area (Å²) in [5.41, 5.74) is 1.75. The molecule has 3 aromatic rings. The fourth-order valence-electron chi connectivity index (χ4n) is 4.18. The van der Waals surface area contributed by atoms with Crippen molar-refractivity contribution in [3.63, 3.8) is 0 Å². The van der Waals surface area contributed by atoms with Gasteiger partial charge in [0.15, 0.2) is 0 Å². The molecule has 1 aliphatic heterocycles. The van der Waals surface area contributed by atoms with E-state index >= 15 is 0 Å². The Kier molecular flexibility index (Phi) is 4.65. The van der Waals surface area contributed by atoms with Gasteiger partial charge in [-0.15, -0.1) is 11.3 Å². The van der Waals surface area contributed by atoms with Crippen molar-refractivity contribution in [3.8, 4) is 0 Å². The van der Waals surface area contributed by atoms with Crippen LogP contribution in [0.2, 0.25) is 0 Å². The van der Waals surface area contributed by atoms with E-state index in [1.165, 1.54) is 18.4 Å². The molecule has 1 saturated heterocycles. The number of aromatic nitrogens is 1. The number of carbonyl (C=O) groups is 1. The normalized spacial score (nSPS) is 19.6. The Morgan fingerprint density at radius 2 is 1.79 bits per heavy atom. The molecule has 1 aliphatic carbocycles. The molecule has 1 saturated carbocycles. The molecule has 4 nitrogen and oxygen atoms in total. The predicted molar refractivity (Wildman–Crippen MR) is 114 cm³/mol. The molecule has 1 amide bonds. The molecule has 1 aromatic heterocycles. The van der Waals surface area contributed by atoms with E-state index in [9.17, 15) is 4.79 Å². The molecule has 0 spiro atoms. The molecule has 2 aromatic carbocycles. The van der Waals surface area contributed by atoms with Crippen molar-refractivity contribution >= 4 is 27.5 Å². The Balaban J connectivity index is 1.39. The fourth-order valence-corrected chi connectivity index (χ4v) is 5.39. The first-order chi connectivity index (χ1) is 13.7. The largest absolute Gasteiger partial charge is 0.347 e. The van der Waals surface area contributed by atoms with Gasteiger partial charge in [-0.25, -0.2) is 4.98 Å². The van der Waals surface area contributed by atoms with Crippen LogP contribution >= 0.6 is 11.3 Å². The lowest BCUT2D eigenvalue weighted by Gasteiger charge is -2.26. The van der Waals surface area contributed by atoms with Gasteiger partial charge in [-0.1, -0.05) is 42.5 Å². The van der Waals surface area contributed by atoms with Gasteiger partial charge in [0.05, 0.1) is 16.3 Å². The first-order valence-electron chi connectivity index (χ1n) is 10.2. The van der Waals surface area contributed by atoms with Crippen LogP contribution in [0, 0.1) is 0 Å². The maximum Gasteiger partial charge on any atom is 0.233 e. The van der Waals surface area contributed by atoms with Gasteiger partial charge in [-0.05, 0) is 56.5 Å². The maximum atomic E-state index is 13.4. The SMILES string of the molecule is O=C(NC(CN1CCCC1)c1ccccc1)C1(c2nc3ccccc3s2)CC1. The number of hydrogen-bond donors (Lipinski definition) is 1. The topological polar surface area (TPSA) is 45.2 Å². The zero-order valence-corrected chi connectivity index (χ0v) is 16.8. The number of likely N-dealkylation sites (tertiary alicyclic amines) is 1. The molecule has 1 atom stereocenters. The van der Waals surface area contributed by atoms with Crippen LogP contribution in [0.3, 0.4) is 0 Å². The van der Waals surface area contributed by atoms with E-state index in [4.69, 9.17) is 4.98 Å². The van der Waals surface area contributed by atoms with Crippen molar-refractivity contribution < 1.29 is 4.79 Å². The van der Waals surface area contributed by atoms with Crippen LogP contribution in [-0.2, 0) is 10.2 Å². The minimum Gasteiger partial charge on any atom is -0.347 e. The first-order valence-corrected chi connectivity index (χ1v) is 11.0. The summed E-state index contributed by atoms with van der Waals surface area (Å²) >= 11 is 1.67. The van der Waals surface area contributed by atoms with Crippen LogP contribution in [-0.4, -0.2) is 35.4 Å². The van der Waals surface area contributed by atoms with Gasteiger partial charge in [0.25, 0.3) is 0 Å². The third-order valence-electron chi connectivity index (χ3n) is 6.03. The second kappa shape index (κ2) is 7.30. The summed E-state index contributed by atoms with van der Waals surface area (Å²) in [5, 5.41) is 4.36. The van der Waals surface area contributed by atoms with Gasteiger partial charge >= 0.3 is 0 Å². The lowest BCUT2D eigenvalue weighted by atomic mass is 10.0. The number of amides is 1.